The SMILES string of the molecule is CCN1CCC[C@H]1CNC(=O)c1cc(=O)nc2sc(N3CCC(C)CC3)nn12. The number of nitrogens with zero attached hydrogens (tertiary/aromatic N) is 5. The third-order valence-corrected chi connectivity index (χ3v) is 6.90. The van der Waals surface area contributed by atoms with Gasteiger partial charge in [-0.1, -0.05) is 25.2 Å². The van der Waals surface area contributed by atoms with Crippen LogP contribution in [0.25, 0.3) is 4.96 Å². The van der Waals surface area contributed by atoms with E-state index in [4.69, 9.17) is 0 Å². The van der Waals surface area contributed by atoms with E-state index in [0.717, 1.165) is 62.9 Å². The molecule has 2 aromatic heterocycles. The van der Waals surface area contributed by atoms with Gasteiger partial charge in [0.05, 0.1) is 0 Å². The quantitative estimate of drug-likeness (QED) is 0.815. The number of rotatable bonds is 5. The summed E-state index contributed by atoms with van der Waals surface area (Å²) < 4.78 is 1.53. The summed E-state index contributed by atoms with van der Waals surface area (Å²) in [5.41, 5.74) is -0.132. The standard InChI is InChI=1S/C19H28N6O2S/c1-3-23-8-4-5-14(23)12-20-17(27)15-11-16(26)21-18-25(15)22-19(28-18)24-9-6-13(2)7-10-24/h11,13-14H,3-10,12H2,1-2H3,(H,20,27)/t14-/m0/s1. The van der Waals surface area contributed by atoms with Gasteiger partial charge in [0.2, 0.25) is 10.1 Å². The van der Waals surface area contributed by atoms with Crippen molar-refractivity contribution in [2.45, 2.75) is 45.6 Å². The zero-order valence-electron chi connectivity index (χ0n) is 16.6. The van der Waals surface area contributed by atoms with E-state index in [1.54, 1.807) is 0 Å². The second-order valence-electron chi connectivity index (χ2n) is 7.86. The van der Waals surface area contributed by atoms with E-state index in [-0.39, 0.29) is 11.6 Å². The van der Waals surface area contributed by atoms with Gasteiger partial charge in [-0.25, -0.2) is 0 Å². The summed E-state index contributed by atoms with van der Waals surface area (Å²) in [6, 6.07) is 1.65. The second-order valence-corrected chi connectivity index (χ2v) is 8.80. The van der Waals surface area contributed by atoms with Crippen molar-refractivity contribution in [2.24, 2.45) is 5.92 Å². The van der Waals surface area contributed by atoms with Crippen molar-refractivity contribution >= 4 is 27.3 Å². The van der Waals surface area contributed by atoms with Crippen LogP contribution >= 0.6 is 11.3 Å². The summed E-state index contributed by atoms with van der Waals surface area (Å²) in [4.78, 5) is 34.0. The molecular formula is C19H28N6O2S. The van der Waals surface area contributed by atoms with Crippen LogP contribution < -0.4 is 15.8 Å². The van der Waals surface area contributed by atoms with Crippen molar-refractivity contribution in [1.82, 2.24) is 24.8 Å². The van der Waals surface area contributed by atoms with Crippen LogP contribution in [0.5, 0.6) is 0 Å². The number of carbonyl (C=O) groups excluding carboxylic acids is 1. The number of hydrogen-bond donors (Lipinski definition) is 1. The normalized spacial score (nSPS) is 21.5. The third-order valence-electron chi connectivity index (χ3n) is 5.93. The Morgan fingerprint density at radius 3 is 2.82 bits per heavy atom. The molecule has 2 aromatic rings. The molecule has 28 heavy (non-hydrogen) atoms. The third kappa shape index (κ3) is 3.91. The Bertz CT molecular complexity index is 901. The molecule has 2 aliphatic heterocycles. The molecule has 1 atom stereocenters. The van der Waals surface area contributed by atoms with Gasteiger partial charge in [0, 0.05) is 31.7 Å². The molecule has 8 nitrogen and oxygen atoms in total. The van der Waals surface area contributed by atoms with Crippen LogP contribution in [0.4, 0.5) is 5.13 Å². The van der Waals surface area contributed by atoms with Crippen LogP contribution in [-0.2, 0) is 0 Å². The van der Waals surface area contributed by atoms with Crippen molar-refractivity contribution in [1.29, 1.82) is 0 Å². The molecule has 0 saturated carbocycles. The van der Waals surface area contributed by atoms with Crippen molar-refractivity contribution < 1.29 is 4.79 Å². The summed E-state index contributed by atoms with van der Waals surface area (Å²) in [6.07, 6.45) is 4.51. The average molecular weight is 405 g/mol. The number of anilines is 1. The van der Waals surface area contributed by atoms with E-state index in [1.807, 2.05) is 0 Å². The molecule has 0 unspecified atom stereocenters. The lowest BCUT2D eigenvalue weighted by Crippen LogP contribution is -2.40. The Morgan fingerprint density at radius 1 is 1.29 bits per heavy atom. The van der Waals surface area contributed by atoms with Crippen LogP contribution in [0.15, 0.2) is 10.9 Å². The molecule has 0 aliphatic carbocycles. The lowest BCUT2D eigenvalue weighted by molar-refractivity contribution is 0.0933. The maximum absolute atomic E-state index is 12.8. The van der Waals surface area contributed by atoms with Crippen molar-refractivity contribution in [3.8, 4) is 0 Å². The molecule has 2 fully saturated rings. The molecule has 0 radical (unpaired) electrons. The van der Waals surface area contributed by atoms with Gasteiger partial charge >= 0.3 is 0 Å². The average Bonchev–Trinajstić information content (AvgIpc) is 3.32. The van der Waals surface area contributed by atoms with Crippen molar-refractivity contribution in [3.05, 3.63) is 22.1 Å². The van der Waals surface area contributed by atoms with E-state index < -0.39 is 5.56 Å². The highest BCUT2D eigenvalue weighted by Gasteiger charge is 2.25. The fourth-order valence-corrected chi connectivity index (χ4v) is 5.10. The number of hydrogen-bond acceptors (Lipinski definition) is 7. The van der Waals surface area contributed by atoms with E-state index in [9.17, 15) is 9.59 Å². The van der Waals surface area contributed by atoms with E-state index >= 15 is 0 Å². The Labute approximate surface area is 168 Å². The number of fused-ring (bicyclic) bond motifs is 1. The largest absolute Gasteiger partial charge is 0.349 e. The fraction of sp³-hybridized carbons (Fsp3) is 0.684. The molecule has 0 spiro atoms. The van der Waals surface area contributed by atoms with E-state index in [2.05, 4.69) is 39.0 Å². The predicted octanol–water partition coefficient (Wildman–Crippen LogP) is 1.60. The Morgan fingerprint density at radius 2 is 2.07 bits per heavy atom. The maximum Gasteiger partial charge on any atom is 0.274 e. The molecule has 0 bridgehead atoms. The Kier molecular flexibility index (Phi) is 5.63. The van der Waals surface area contributed by atoms with Gasteiger partial charge in [0.15, 0.2) is 0 Å². The zero-order valence-corrected chi connectivity index (χ0v) is 17.4. The first-order valence-corrected chi connectivity index (χ1v) is 11.0. The molecule has 4 rings (SSSR count). The van der Waals surface area contributed by atoms with Gasteiger partial charge in [-0.2, -0.15) is 9.50 Å². The molecule has 4 heterocycles. The van der Waals surface area contributed by atoms with E-state index in [1.165, 1.54) is 21.9 Å². The highest BCUT2D eigenvalue weighted by Crippen LogP contribution is 2.27. The summed E-state index contributed by atoms with van der Waals surface area (Å²) in [6.45, 7) is 8.96. The van der Waals surface area contributed by atoms with Crippen LogP contribution in [0, 0.1) is 5.92 Å². The molecule has 0 aromatic carbocycles. The van der Waals surface area contributed by atoms with Gasteiger partial charge in [-0.15, -0.1) is 5.10 Å². The smallest absolute Gasteiger partial charge is 0.274 e. The predicted molar refractivity (Wildman–Crippen MR) is 110 cm³/mol. The van der Waals surface area contributed by atoms with Gasteiger partial charge in [0.25, 0.3) is 11.5 Å². The first kappa shape index (κ1) is 19.3. The number of likely N-dealkylation sites (tertiary alicyclic amines) is 1. The summed E-state index contributed by atoms with van der Waals surface area (Å²) in [5.74, 6) is 0.464. The number of piperidine rings is 1. The highest BCUT2D eigenvalue weighted by molar-refractivity contribution is 7.20. The summed E-state index contributed by atoms with van der Waals surface area (Å²) in [7, 11) is 0. The Hall–Kier alpha value is -2.00. The van der Waals surface area contributed by atoms with Gasteiger partial charge in [0.1, 0.15) is 5.69 Å². The molecule has 9 heteroatoms. The van der Waals surface area contributed by atoms with Gasteiger partial charge in [-0.3, -0.25) is 14.5 Å². The van der Waals surface area contributed by atoms with Gasteiger partial charge < -0.3 is 10.2 Å². The van der Waals surface area contributed by atoms with Crippen LogP contribution in [0.1, 0.15) is 50.0 Å². The van der Waals surface area contributed by atoms with Crippen LogP contribution in [0.3, 0.4) is 0 Å². The number of likely N-dealkylation sites (N-methyl/N-ethyl adjacent to an activating group) is 1. The molecule has 2 saturated heterocycles. The van der Waals surface area contributed by atoms with E-state index in [0.29, 0.717) is 17.5 Å². The van der Waals surface area contributed by atoms with Crippen LogP contribution in [0.2, 0.25) is 0 Å². The van der Waals surface area contributed by atoms with Crippen molar-refractivity contribution in [3.63, 3.8) is 0 Å². The lowest BCUT2D eigenvalue weighted by atomic mass is 10.00. The molecule has 1 amide bonds. The van der Waals surface area contributed by atoms with Crippen LogP contribution in [-0.4, -0.2) is 64.2 Å². The maximum atomic E-state index is 12.8. The highest BCUT2D eigenvalue weighted by atomic mass is 32.1. The minimum atomic E-state index is -0.399. The number of carbonyl (C=O) groups is 1. The Balaban J connectivity index is 1.54. The van der Waals surface area contributed by atoms with Crippen molar-refractivity contribution in [2.75, 3.05) is 37.6 Å². The molecule has 152 valence electrons. The number of aromatic nitrogens is 3. The first-order chi connectivity index (χ1) is 13.5. The monoisotopic (exact) mass is 404 g/mol. The second kappa shape index (κ2) is 8.16. The summed E-state index contributed by atoms with van der Waals surface area (Å²) in [5, 5.41) is 8.45. The first-order valence-electron chi connectivity index (χ1n) is 10.2. The number of nitrogens with one attached hydrogen (secondary N) is 1. The molecule has 2 aliphatic rings. The fourth-order valence-electron chi connectivity index (χ4n) is 4.14. The molecular weight excluding hydrogens is 376 g/mol. The van der Waals surface area contributed by atoms with Gasteiger partial charge in [-0.05, 0) is 44.7 Å². The minimum Gasteiger partial charge on any atom is -0.349 e. The summed E-state index contributed by atoms with van der Waals surface area (Å²) >= 11 is 1.38. The topological polar surface area (TPSA) is 82.8 Å². The minimum absolute atomic E-state index is 0.262. The zero-order chi connectivity index (χ0) is 19.7. The molecule has 1 N–H and O–H groups in total. The lowest BCUT2D eigenvalue weighted by Gasteiger charge is -2.29. The number of amides is 1.